The zero-order valence-corrected chi connectivity index (χ0v) is 14.4. The summed E-state index contributed by atoms with van der Waals surface area (Å²) in [7, 11) is 4.02. The van der Waals surface area contributed by atoms with E-state index in [4.69, 9.17) is 23.8 Å². The molecule has 0 radical (unpaired) electrons. The molecule has 0 bridgehead atoms. The highest BCUT2D eigenvalue weighted by Gasteiger charge is 2.38. The van der Waals surface area contributed by atoms with Gasteiger partial charge in [-0.3, -0.25) is 19.5 Å². The molecule has 0 aliphatic carbocycles. The number of carbonyl (C=O) groups excluding carboxylic acids is 2. The van der Waals surface area contributed by atoms with Crippen LogP contribution in [0.15, 0.2) is 29.3 Å². The Kier molecular flexibility index (Phi) is 5.81. The molecular formula is C15H18ClN4O2S+. The van der Waals surface area contributed by atoms with E-state index in [1.807, 2.05) is 14.1 Å². The lowest BCUT2D eigenvalue weighted by Crippen LogP contribution is -3.06. The number of halogens is 1. The van der Waals surface area contributed by atoms with Gasteiger partial charge in [-0.25, -0.2) is 0 Å². The zero-order valence-electron chi connectivity index (χ0n) is 12.9. The number of thiocarbonyl (C=S) groups is 1. The van der Waals surface area contributed by atoms with Crippen molar-refractivity contribution in [2.24, 2.45) is 10.9 Å². The van der Waals surface area contributed by atoms with Crippen LogP contribution in [0.4, 0.5) is 5.69 Å². The van der Waals surface area contributed by atoms with Crippen molar-refractivity contribution in [1.29, 1.82) is 0 Å². The lowest BCUT2D eigenvalue weighted by Gasteiger charge is -2.30. The van der Waals surface area contributed by atoms with Crippen LogP contribution in [-0.2, 0) is 9.59 Å². The Morgan fingerprint density at radius 3 is 2.61 bits per heavy atom. The molecular weight excluding hydrogens is 336 g/mol. The first-order valence-corrected chi connectivity index (χ1v) is 7.92. The van der Waals surface area contributed by atoms with E-state index in [2.05, 4.69) is 10.3 Å². The molecule has 1 fully saturated rings. The molecule has 1 saturated heterocycles. The van der Waals surface area contributed by atoms with Crippen LogP contribution in [0.2, 0.25) is 5.02 Å². The fourth-order valence-corrected chi connectivity index (χ4v) is 2.45. The van der Waals surface area contributed by atoms with Crippen LogP contribution in [0.5, 0.6) is 0 Å². The zero-order chi connectivity index (χ0) is 17.0. The number of likely N-dealkylation sites (N-methyl/N-ethyl adjacent to an activating group) is 1. The molecule has 6 nitrogen and oxygen atoms in total. The van der Waals surface area contributed by atoms with Crippen LogP contribution in [0.1, 0.15) is 0 Å². The SMILES string of the molecule is C[NH+](C)CCN=CC1C(=O)NC(=S)N(c2ccc(Cl)cc2)C1=O. The molecule has 0 aromatic heterocycles. The molecule has 1 aromatic carbocycles. The summed E-state index contributed by atoms with van der Waals surface area (Å²) in [5.74, 6) is -1.84. The summed E-state index contributed by atoms with van der Waals surface area (Å²) in [6, 6.07) is 6.67. The number of nitrogens with zero attached hydrogens (tertiary/aromatic N) is 2. The van der Waals surface area contributed by atoms with Crippen molar-refractivity contribution in [3.05, 3.63) is 29.3 Å². The third-order valence-electron chi connectivity index (χ3n) is 3.28. The fourth-order valence-electron chi connectivity index (χ4n) is 2.02. The van der Waals surface area contributed by atoms with E-state index < -0.39 is 17.7 Å². The molecule has 1 aromatic rings. The molecule has 2 rings (SSSR count). The van der Waals surface area contributed by atoms with E-state index in [0.29, 0.717) is 17.3 Å². The monoisotopic (exact) mass is 353 g/mol. The summed E-state index contributed by atoms with van der Waals surface area (Å²) in [5, 5.41) is 3.15. The average Bonchev–Trinajstić information content (AvgIpc) is 2.47. The second kappa shape index (κ2) is 7.63. The van der Waals surface area contributed by atoms with Gasteiger partial charge in [0.05, 0.1) is 32.9 Å². The van der Waals surface area contributed by atoms with Crippen LogP contribution in [0, 0.1) is 5.92 Å². The van der Waals surface area contributed by atoms with Gasteiger partial charge in [-0.15, -0.1) is 0 Å². The quantitative estimate of drug-likeness (QED) is 0.442. The fraction of sp³-hybridized carbons (Fsp3) is 0.333. The van der Waals surface area contributed by atoms with Crippen molar-refractivity contribution in [1.82, 2.24) is 5.32 Å². The Morgan fingerprint density at radius 1 is 1.35 bits per heavy atom. The van der Waals surface area contributed by atoms with E-state index in [9.17, 15) is 9.59 Å². The Balaban J connectivity index is 2.18. The normalized spacial score (nSPS) is 18.9. The van der Waals surface area contributed by atoms with Crippen LogP contribution >= 0.6 is 23.8 Å². The molecule has 1 aliphatic heterocycles. The van der Waals surface area contributed by atoms with Crippen LogP contribution in [-0.4, -0.2) is 50.3 Å². The van der Waals surface area contributed by atoms with E-state index in [-0.39, 0.29) is 5.11 Å². The number of benzene rings is 1. The molecule has 0 spiro atoms. The minimum Gasteiger partial charge on any atom is -0.338 e. The molecule has 0 saturated carbocycles. The molecule has 8 heteroatoms. The second-order valence-corrected chi connectivity index (χ2v) is 6.26. The van der Waals surface area contributed by atoms with Crippen molar-refractivity contribution < 1.29 is 14.5 Å². The van der Waals surface area contributed by atoms with Gasteiger partial charge < -0.3 is 10.2 Å². The Morgan fingerprint density at radius 2 is 2.00 bits per heavy atom. The molecule has 23 heavy (non-hydrogen) atoms. The highest BCUT2D eigenvalue weighted by Crippen LogP contribution is 2.22. The number of quaternary nitrogens is 1. The lowest BCUT2D eigenvalue weighted by atomic mass is 10.1. The number of aliphatic imine (C=N–C) groups is 1. The van der Waals surface area contributed by atoms with Crippen LogP contribution < -0.4 is 15.1 Å². The van der Waals surface area contributed by atoms with Gasteiger partial charge >= 0.3 is 0 Å². The molecule has 1 heterocycles. The Bertz CT molecular complexity index is 645. The van der Waals surface area contributed by atoms with Gasteiger partial charge in [-0.1, -0.05) is 11.6 Å². The number of amides is 2. The topological polar surface area (TPSA) is 66.2 Å². The maximum Gasteiger partial charge on any atom is 0.251 e. The van der Waals surface area contributed by atoms with Crippen molar-refractivity contribution in [3.63, 3.8) is 0 Å². The first-order chi connectivity index (χ1) is 10.9. The van der Waals surface area contributed by atoms with Gasteiger partial charge in [-0.05, 0) is 36.5 Å². The summed E-state index contributed by atoms with van der Waals surface area (Å²) in [4.78, 5) is 31.3. The summed E-state index contributed by atoms with van der Waals surface area (Å²) < 4.78 is 0. The van der Waals surface area contributed by atoms with Gasteiger partial charge in [0, 0.05) is 11.2 Å². The summed E-state index contributed by atoms with van der Waals surface area (Å²) in [6.45, 7) is 1.36. The van der Waals surface area contributed by atoms with Gasteiger partial charge in [0.1, 0.15) is 0 Å². The van der Waals surface area contributed by atoms with E-state index >= 15 is 0 Å². The summed E-state index contributed by atoms with van der Waals surface area (Å²) in [5.41, 5.74) is 0.556. The second-order valence-electron chi connectivity index (χ2n) is 5.43. The largest absolute Gasteiger partial charge is 0.338 e. The van der Waals surface area contributed by atoms with E-state index in [1.165, 1.54) is 16.0 Å². The molecule has 122 valence electrons. The molecule has 2 N–H and O–H groups in total. The Labute approximate surface area is 145 Å². The number of hydrogen-bond acceptors (Lipinski definition) is 4. The number of hydrogen-bond donors (Lipinski definition) is 2. The minimum atomic E-state index is -0.977. The average molecular weight is 354 g/mol. The highest BCUT2D eigenvalue weighted by atomic mass is 35.5. The maximum absolute atomic E-state index is 12.6. The first kappa shape index (κ1) is 17.5. The van der Waals surface area contributed by atoms with Crippen LogP contribution in [0.25, 0.3) is 0 Å². The third kappa shape index (κ3) is 4.34. The molecule has 1 unspecified atom stereocenters. The van der Waals surface area contributed by atoms with Gasteiger partial charge in [0.15, 0.2) is 11.0 Å². The van der Waals surface area contributed by atoms with Gasteiger partial charge in [0.2, 0.25) is 5.91 Å². The number of carbonyl (C=O) groups is 2. The lowest BCUT2D eigenvalue weighted by molar-refractivity contribution is -0.856. The number of nitrogens with one attached hydrogen (secondary N) is 2. The van der Waals surface area contributed by atoms with Crippen molar-refractivity contribution >= 4 is 52.6 Å². The third-order valence-corrected chi connectivity index (χ3v) is 3.82. The predicted octanol–water partition coefficient (Wildman–Crippen LogP) is -0.0808. The number of anilines is 1. The molecule has 1 aliphatic rings. The highest BCUT2D eigenvalue weighted by molar-refractivity contribution is 7.80. The van der Waals surface area contributed by atoms with Crippen molar-refractivity contribution in [3.8, 4) is 0 Å². The predicted molar refractivity (Wildman–Crippen MR) is 94.2 cm³/mol. The summed E-state index contributed by atoms with van der Waals surface area (Å²) >= 11 is 11.0. The van der Waals surface area contributed by atoms with Crippen molar-refractivity contribution in [2.45, 2.75) is 0 Å². The smallest absolute Gasteiger partial charge is 0.251 e. The van der Waals surface area contributed by atoms with Crippen molar-refractivity contribution in [2.75, 3.05) is 32.1 Å². The number of rotatable bonds is 5. The standard InChI is InChI=1S/C15H17ClN4O2S/c1-19(2)8-7-17-9-12-13(21)18-15(23)20(14(12)22)11-5-3-10(16)4-6-11/h3-6,9,12H,7-8H2,1-2H3,(H,18,21,23)/p+1. The van der Waals surface area contributed by atoms with Gasteiger partial charge in [-0.2, -0.15) is 0 Å². The van der Waals surface area contributed by atoms with Crippen LogP contribution in [0.3, 0.4) is 0 Å². The Hall–Kier alpha value is -1.83. The molecule has 1 atom stereocenters. The first-order valence-electron chi connectivity index (χ1n) is 7.13. The summed E-state index contributed by atoms with van der Waals surface area (Å²) in [6.07, 6.45) is 1.39. The van der Waals surface area contributed by atoms with E-state index in [0.717, 1.165) is 6.54 Å². The van der Waals surface area contributed by atoms with E-state index in [1.54, 1.807) is 24.3 Å². The minimum absolute atomic E-state index is 0.0599. The van der Waals surface area contributed by atoms with Gasteiger partial charge in [0.25, 0.3) is 5.91 Å². The molecule has 2 amide bonds. The maximum atomic E-state index is 12.6.